The van der Waals surface area contributed by atoms with E-state index < -0.39 is 0 Å². The van der Waals surface area contributed by atoms with E-state index in [1.807, 2.05) is 18.4 Å². The van der Waals surface area contributed by atoms with E-state index in [-0.39, 0.29) is 18.3 Å². The maximum absolute atomic E-state index is 11.9. The maximum atomic E-state index is 11.9. The molecule has 6 heteroatoms. The molecule has 0 spiro atoms. The largest absolute Gasteiger partial charge is 0.409 e. The van der Waals surface area contributed by atoms with Gasteiger partial charge in [0.1, 0.15) is 0 Å². The van der Waals surface area contributed by atoms with Gasteiger partial charge in [0.25, 0.3) is 5.91 Å². The molecule has 0 aromatic heterocycles. The lowest BCUT2D eigenvalue weighted by Crippen LogP contribution is -2.35. The molecule has 0 bridgehead atoms. The van der Waals surface area contributed by atoms with Crippen LogP contribution in [0.4, 0.5) is 0 Å². The van der Waals surface area contributed by atoms with Crippen LogP contribution in [0.15, 0.2) is 34.3 Å². The van der Waals surface area contributed by atoms with Crippen molar-refractivity contribution >= 4 is 23.5 Å². The van der Waals surface area contributed by atoms with Crippen LogP contribution < -0.4 is 5.73 Å². The van der Waals surface area contributed by atoms with Gasteiger partial charge in [-0.05, 0) is 30.5 Å². The molecule has 1 amide bonds. The minimum atomic E-state index is -0.163. The van der Waals surface area contributed by atoms with Crippen LogP contribution in [0, 0.1) is 0 Å². The van der Waals surface area contributed by atoms with E-state index in [1.165, 1.54) is 4.90 Å². The number of nitrogens with zero attached hydrogens (tertiary/aromatic N) is 2. The van der Waals surface area contributed by atoms with Crippen LogP contribution >= 0.6 is 11.8 Å². The first-order valence-electron chi connectivity index (χ1n) is 4.94. The normalized spacial score (nSPS) is 11.3. The van der Waals surface area contributed by atoms with Crippen molar-refractivity contribution in [2.24, 2.45) is 10.9 Å². The second-order valence-electron chi connectivity index (χ2n) is 3.48. The molecule has 0 saturated carbocycles. The summed E-state index contributed by atoms with van der Waals surface area (Å²) in [5, 5.41) is 11.3. The third kappa shape index (κ3) is 3.67. The molecular weight excluding hydrogens is 238 g/mol. The van der Waals surface area contributed by atoms with E-state index in [4.69, 9.17) is 10.9 Å². The van der Waals surface area contributed by atoms with Crippen molar-refractivity contribution in [2.45, 2.75) is 4.90 Å². The summed E-state index contributed by atoms with van der Waals surface area (Å²) in [7, 11) is 1.60. The molecule has 0 fully saturated rings. The Hall–Kier alpha value is -1.69. The Kier molecular flexibility index (Phi) is 4.84. The van der Waals surface area contributed by atoms with Gasteiger partial charge >= 0.3 is 0 Å². The van der Waals surface area contributed by atoms with Gasteiger partial charge in [-0.3, -0.25) is 4.79 Å². The van der Waals surface area contributed by atoms with E-state index >= 15 is 0 Å². The monoisotopic (exact) mass is 253 g/mol. The topological polar surface area (TPSA) is 78.9 Å². The summed E-state index contributed by atoms with van der Waals surface area (Å²) >= 11 is 1.61. The molecular formula is C11H15N3O2S. The highest BCUT2D eigenvalue weighted by Crippen LogP contribution is 2.15. The number of carbonyl (C=O) groups excluding carboxylic acids is 1. The van der Waals surface area contributed by atoms with Gasteiger partial charge < -0.3 is 15.8 Å². The van der Waals surface area contributed by atoms with Crippen LogP contribution in [0.5, 0.6) is 0 Å². The van der Waals surface area contributed by atoms with Crippen LogP contribution in [0.25, 0.3) is 0 Å². The van der Waals surface area contributed by atoms with Crippen LogP contribution in [-0.4, -0.2) is 41.7 Å². The highest BCUT2D eigenvalue weighted by molar-refractivity contribution is 7.98. The molecule has 5 nitrogen and oxygen atoms in total. The molecule has 0 saturated heterocycles. The molecule has 0 unspecified atom stereocenters. The van der Waals surface area contributed by atoms with Crippen LogP contribution in [-0.2, 0) is 0 Å². The lowest BCUT2D eigenvalue weighted by molar-refractivity contribution is 0.0813. The van der Waals surface area contributed by atoms with E-state index in [0.29, 0.717) is 5.56 Å². The molecule has 0 aliphatic heterocycles. The van der Waals surface area contributed by atoms with Crippen molar-refractivity contribution in [1.82, 2.24) is 4.90 Å². The fourth-order valence-electron chi connectivity index (χ4n) is 1.30. The number of carbonyl (C=O) groups is 1. The molecule has 1 aromatic rings. The standard InChI is InChI=1S/C11H15N3O2S/c1-14(7-10(12)13-16)11(15)8-3-5-9(17-2)6-4-8/h3-6,16H,7H2,1-2H3,(H2,12,13). The van der Waals surface area contributed by atoms with Crippen molar-refractivity contribution in [3.05, 3.63) is 29.8 Å². The van der Waals surface area contributed by atoms with Gasteiger partial charge in [-0.15, -0.1) is 11.8 Å². The molecule has 92 valence electrons. The van der Waals surface area contributed by atoms with Crippen molar-refractivity contribution in [3.63, 3.8) is 0 Å². The molecule has 1 rings (SSSR count). The summed E-state index contributed by atoms with van der Waals surface area (Å²) in [5.74, 6) is -0.161. The summed E-state index contributed by atoms with van der Waals surface area (Å²) in [4.78, 5) is 14.4. The highest BCUT2D eigenvalue weighted by atomic mass is 32.2. The smallest absolute Gasteiger partial charge is 0.254 e. The second-order valence-corrected chi connectivity index (χ2v) is 4.36. The number of oxime groups is 1. The van der Waals surface area contributed by atoms with Crippen LogP contribution in [0.1, 0.15) is 10.4 Å². The van der Waals surface area contributed by atoms with Crippen molar-refractivity contribution < 1.29 is 10.0 Å². The zero-order valence-corrected chi connectivity index (χ0v) is 10.6. The van der Waals surface area contributed by atoms with Gasteiger partial charge in [0.05, 0.1) is 6.54 Å². The molecule has 0 radical (unpaired) electrons. The van der Waals surface area contributed by atoms with Gasteiger partial charge in [-0.1, -0.05) is 5.16 Å². The first-order chi connectivity index (χ1) is 8.08. The molecule has 0 aliphatic carbocycles. The summed E-state index contributed by atoms with van der Waals surface area (Å²) in [6.07, 6.45) is 1.97. The van der Waals surface area contributed by atoms with Gasteiger partial charge in [0.15, 0.2) is 5.84 Å². The summed E-state index contributed by atoms with van der Waals surface area (Å²) in [6, 6.07) is 7.29. The lowest BCUT2D eigenvalue weighted by Gasteiger charge is -2.16. The number of hydrogen-bond acceptors (Lipinski definition) is 4. The van der Waals surface area contributed by atoms with Gasteiger partial charge in [-0.2, -0.15) is 0 Å². The van der Waals surface area contributed by atoms with E-state index in [2.05, 4.69) is 5.16 Å². The van der Waals surface area contributed by atoms with Gasteiger partial charge in [-0.25, -0.2) is 0 Å². The van der Waals surface area contributed by atoms with Crippen molar-refractivity contribution in [2.75, 3.05) is 19.8 Å². The molecule has 0 atom stereocenters. The zero-order valence-electron chi connectivity index (χ0n) is 9.75. The fraction of sp³-hybridized carbons (Fsp3) is 0.273. The number of nitrogens with two attached hydrogens (primary N) is 1. The number of amidine groups is 1. The quantitative estimate of drug-likeness (QED) is 0.278. The Morgan fingerprint density at radius 3 is 2.53 bits per heavy atom. The fourth-order valence-corrected chi connectivity index (χ4v) is 1.71. The Bertz CT molecular complexity index is 417. The molecule has 3 N–H and O–H groups in total. The summed E-state index contributed by atoms with van der Waals surface area (Å²) < 4.78 is 0. The van der Waals surface area contributed by atoms with Gasteiger partial charge in [0.2, 0.25) is 0 Å². The second kappa shape index (κ2) is 6.15. The maximum Gasteiger partial charge on any atom is 0.254 e. The predicted octanol–water partition coefficient (Wildman–Crippen LogP) is 1.23. The molecule has 17 heavy (non-hydrogen) atoms. The summed E-state index contributed by atoms with van der Waals surface area (Å²) in [6.45, 7) is 0.0968. The van der Waals surface area contributed by atoms with Crippen LogP contribution in [0.2, 0.25) is 0 Å². The third-order valence-electron chi connectivity index (χ3n) is 2.21. The first-order valence-corrected chi connectivity index (χ1v) is 6.17. The number of likely N-dealkylation sites (N-methyl/N-ethyl adjacent to an activating group) is 1. The number of benzene rings is 1. The Morgan fingerprint density at radius 1 is 1.47 bits per heavy atom. The third-order valence-corrected chi connectivity index (χ3v) is 2.95. The van der Waals surface area contributed by atoms with E-state index in [1.54, 1.807) is 30.9 Å². The number of rotatable bonds is 4. The van der Waals surface area contributed by atoms with Crippen molar-refractivity contribution in [3.8, 4) is 0 Å². The minimum Gasteiger partial charge on any atom is -0.409 e. The minimum absolute atomic E-state index is 0.00147. The van der Waals surface area contributed by atoms with Gasteiger partial charge in [0, 0.05) is 17.5 Å². The lowest BCUT2D eigenvalue weighted by atomic mass is 10.2. The average molecular weight is 253 g/mol. The Morgan fingerprint density at radius 2 is 2.06 bits per heavy atom. The van der Waals surface area contributed by atoms with Crippen molar-refractivity contribution in [1.29, 1.82) is 0 Å². The van der Waals surface area contributed by atoms with E-state index in [0.717, 1.165) is 4.90 Å². The Labute approximate surface area is 104 Å². The molecule has 0 heterocycles. The summed E-state index contributed by atoms with van der Waals surface area (Å²) in [5.41, 5.74) is 5.92. The predicted molar refractivity (Wildman–Crippen MR) is 68.6 cm³/mol. The van der Waals surface area contributed by atoms with E-state index in [9.17, 15) is 4.79 Å². The first kappa shape index (κ1) is 13.4. The van der Waals surface area contributed by atoms with Crippen LogP contribution in [0.3, 0.4) is 0 Å². The zero-order chi connectivity index (χ0) is 12.8. The number of hydrogen-bond donors (Lipinski definition) is 2. The molecule has 1 aromatic carbocycles. The molecule has 0 aliphatic rings. The average Bonchev–Trinajstić information content (AvgIpc) is 2.37. The number of amides is 1. The Balaban J connectivity index is 2.74. The number of thioether (sulfide) groups is 1. The SMILES string of the molecule is CSc1ccc(C(=O)N(C)CC(N)=NO)cc1. The highest BCUT2D eigenvalue weighted by Gasteiger charge is 2.12.